The lowest BCUT2D eigenvalue weighted by Crippen LogP contribution is -2.22. The van der Waals surface area contributed by atoms with E-state index in [0.29, 0.717) is 5.69 Å². The lowest BCUT2D eigenvalue weighted by atomic mass is 10.3. The van der Waals surface area contributed by atoms with Gasteiger partial charge in [-0.3, -0.25) is 0 Å². The Hall–Kier alpha value is -1.34. The highest BCUT2D eigenvalue weighted by atomic mass is 32.2. The molecule has 0 saturated carbocycles. The minimum absolute atomic E-state index is 0.0978. The maximum Gasteiger partial charge on any atom is 0.210 e. The van der Waals surface area contributed by atoms with E-state index in [-0.39, 0.29) is 18.0 Å². The molecule has 0 heterocycles. The Kier molecular flexibility index (Phi) is 4.08. The second-order valence-electron chi connectivity index (χ2n) is 3.14. The highest BCUT2D eigenvalue weighted by molar-refractivity contribution is 7.89. The van der Waals surface area contributed by atoms with Gasteiger partial charge in [0.25, 0.3) is 0 Å². The molecule has 16 heavy (non-hydrogen) atoms. The summed E-state index contributed by atoms with van der Waals surface area (Å²) in [6, 6.07) is 4.16. The van der Waals surface area contributed by atoms with Crippen LogP contribution in [0.2, 0.25) is 0 Å². The van der Waals surface area contributed by atoms with Crippen molar-refractivity contribution in [3.8, 4) is 5.75 Å². The molecule has 0 spiro atoms. The molecule has 1 rings (SSSR count). The zero-order chi connectivity index (χ0) is 12.2. The van der Waals surface area contributed by atoms with Crippen molar-refractivity contribution >= 4 is 15.7 Å². The van der Waals surface area contributed by atoms with E-state index in [4.69, 9.17) is 9.88 Å². The molecule has 0 aromatic heterocycles. The van der Waals surface area contributed by atoms with Crippen molar-refractivity contribution in [3.05, 3.63) is 24.0 Å². The second kappa shape index (κ2) is 5.13. The Labute approximate surface area is 93.5 Å². The summed E-state index contributed by atoms with van der Waals surface area (Å²) in [4.78, 5) is 0. The van der Waals surface area contributed by atoms with Gasteiger partial charge in [-0.05, 0) is 12.1 Å². The van der Waals surface area contributed by atoms with Crippen LogP contribution in [0.5, 0.6) is 5.75 Å². The van der Waals surface area contributed by atoms with Crippen LogP contribution in [0.15, 0.2) is 18.2 Å². The van der Waals surface area contributed by atoms with Gasteiger partial charge in [-0.2, -0.15) is 0 Å². The Balaban J connectivity index is 2.61. The number of rotatable bonds is 5. The fourth-order valence-electron chi connectivity index (χ4n) is 1.11. The third-order valence-corrected chi connectivity index (χ3v) is 2.64. The molecule has 7 heteroatoms. The van der Waals surface area contributed by atoms with Crippen molar-refractivity contribution in [1.82, 2.24) is 0 Å². The molecule has 0 unspecified atom stereocenters. The summed E-state index contributed by atoms with van der Waals surface area (Å²) < 4.78 is 39.1. The quantitative estimate of drug-likeness (QED) is 0.796. The summed E-state index contributed by atoms with van der Waals surface area (Å²) >= 11 is 0. The number of anilines is 1. The van der Waals surface area contributed by atoms with E-state index >= 15 is 0 Å². The lowest BCUT2D eigenvalue weighted by Gasteiger charge is -2.07. The van der Waals surface area contributed by atoms with E-state index in [0.717, 1.165) is 0 Å². The van der Waals surface area contributed by atoms with Gasteiger partial charge in [0.2, 0.25) is 10.0 Å². The maximum absolute atomic E-state index is 13.0. The van der Waals surface area contributed by atoms with Crippen LogP contribution in [-0.4, -0.2) is 27.8 Å². The highest BCUT2D eigenvalue weighted by Gasteiger charge is 2.05. The average molecular weight is 248 g/mol. The fourth-order valence-corrected chi connectivity index (χ4v) is 1.49. The third-order valence-electron chi connectivity index (χ3n) is 1.87. The van der Waals surface area contributed by atoms with Crippen LogP contribution >= 0.6 is 0 Å². The van der Waals surface area contributed by atoms with Gasteiger partial charge in [0.1, 0.15) is 0 Å². The van der Waals surface area contributed by atoms with Crippen molar-refractivity contribution in [1.29, 1.82) is 0 Å². The van der Waals surface area contributed by atoms with Crippen LogP contribution in [0.4, 0.5) is 10.1 Å². The smallest absolute Gasteiger partial charge is 0.210 e. The van der Waals surface area contributed by atoms with E-state index in [1.54, 1.807) is 0 Å². The Morgan fingerprint density at radius 1 is 1.50 bits per heavy atom. The largest absolute Gasteiger partial charge is 0.494 e. The first-order valence-corrected chi connectivity index (χ1v) is 6.22. The van der Waals surface area contributed by atoms with Gasteiger partial charge in [0, 0.05) is 18.3 Å². The number of nitrogens with one attached hydrogen (secondary N) is 1. The van der Waals surface area contributed by atoms with E-state index in [9.17, 15) is 12.8 Å². The van der Waals surface area contributed by atoms with Crippen LogP contribution in [0.25, 0.3) is 0 Å². The van der Waals surface area contributed by atoms with Crippen LogP contribution in [0.1, 0.15) is 0 Å². The van der Waals surface area contributed by atoms with Crippen LogP contribution in [0, 0.1) is 5.82 Å². The van der Waals surface area contributed by atoms with Gasteiger partial charge < -0.3 is 10.1 Å². The molecule has 0 amide bonds. The summed E-state index contributed by atoms with van der Waals surface area (Å²) in [5.74, 6) is -0.563. The first-order chi connectivity index (χ1) is 7.42. The molecular formula is C9H13FN2O3S. The molecule has 0 radical (unpaired) electrons. The van der Waals surface area contributed by atoms with Crippen molar-refractivity contribution in [2.24, 2.45) is 5.14 Å². The summed E-state index contributed by atoms with van der Waals surface area (Å²) in [6.45, 7) is 0.160. The molecule has 0 aliphatic carbocycles. The van der Waals surface area contributed by atoms with Crippen molar-refractivity contribution < 1.29 is 17.5 Å². The van der Waals surface area contributed by atoms with Gasteiger partial charge in [-0.25, -0.2) is 17.9 Å². The highest BCUT2D eigenvalue weighted by Crippen LogP contribution is 2.21. The van der Waals surface area contributed by atoms with Crippen molar-refractivity contribution in [2.75, 3.05) is 24.7 Å². The van der Waals surface area contributed by atoms with Gasteiger partial charge in [0.05, 0.1) is 12.9 Å². The Bertz CT molecular complexity index is 462. The van der Waals surface area contributed by atoms with Crippen LogP contribution in [0.3, 0.4) is 0 Å². The van der Waals surface area contributed by atoms with Crippen molar-refractivity contribution in [3.63, 3.8) is 0 Å². The number of ether oxygens (including phenoxy) is 1. The van der Waals surface area contributed by atoms with Gasteiger partial charge >= 0.3 is 0 Å². The number of primary sulfonamides is 1. The van der Waals surface area contributed by atoms with Gasteiger partial charge in [0.15, 0.2) is 11.6 Å². The number of benzene rings is 1. The molecule has 0 saturated heterocycles. The van der Waals surface area contributed by atoms with E-state index < -0.39 is 15.8 Å². The molecule has 0 aliphatic heterocycles. The summed E-state index contributed by atoms with van der Waals surface area (Å²) in [6.07, 6.45) is 0. The van der Waals surface area contributed by atoms with E-state index in [1.807, 2.05) is 0 Å². The summed E-state index contributed by atoms with van der Waals surface area (Å²) in [5.41, 5.74) is 0.571. The average Bonchev–Trinajstić information content (AvgIpc) is 2.18. The standard InChI is InChI=1S/C9H13FN2O3S/c1-15-9-6-7(2-3-8(9)10)12-4-5-16(11,13)14/h2-3,6,12H,4-5H2,1H3,(H2,11,13,14). The van der Waals surface area contributed by atoms with E-state index in [1.165, 1.54) is 25.3 Å². The molecule has 3 N–H and O–H groups in total. The number of sulfonamides is 1. The molecule has 90 valence electrons. The maximum atomic E-state index is 13.0. The summed E-state index contributed by atoms with van der Waals surface area (Å²) in [5, 5.41) is 7.62. The topological polar surface area (TPSA) is 81.4 Å². The molecule has 5 nitrogen and oxygen atoms in total. The van der Waals surface area contributed by atoms with Gasteiger partial charge in [-0.1, -0.05) is 0 Å². The first-order valence-electron chi connectivity index (χ1n) is 4.50. The normalized spacial score (nSPS) is 11.2. The number of hydrogen-bond acceptors (Lipinski definition) is 4. The predicted octanol–water partition coefficient (Wildman–Crippen LogP) is 0.535. The molecule has 0 aliphatic rings. The fraction of sp³-hybridized carbons (Fsp3) is 0.333. The van der Waals surface area contributed by atoms with Crippen LogP contribution in [-0.2, 0) is 10.0 Å². The number of halogens is 1. The molecule has 0 fully saturated rings. The SMILES string of the molecule is COc1cc(NCCS(N)(=O)=O)ccc1F. The molecule has 0 atom stereocenters. The summed E-state index contributed by atoms with van der Waals surface area (Å²) in [7, 11) is -2.13. The first kappa shape index (κ1) is 12.7. The van der Waals surface area contributed by atoms with Gasteiger partial charge in [-0.15, -0.1) is 0 Å². The Morgan fingerprint density at radius 2 is 2.19 bits per heavy atom. The molecule has 0 bridgehead atoms. The van der Waals surface area contributed by atoms with Crippen molar-refractivity contribution in [2.45, 2.75) is 0 Å². The zero-order valence-corrected chi connectivity index (χ0v) is 9.55. The molecule has 1 aromatic rings. The lowest BCUT2D eigenvalue weighted by molar-refractivity contribution is 0.387. The molecular weight excluding hydrogens is 235 g/mol. The number of hydrogen-bond donors (Lipinski definition) is 2. The Morgan fingerprint density at radius 3 is 2.75 bits per heavy atom. The monoisotopic (exact) mass is 248 g/mol. The minimum atomic E-state index is -3.49. The number of nitrogens with two attached hydrogens (primary N) is 1. The zero-order valence-electron chi connectivity index (χ0n) is 8.73. The minimum Gasteiger partial charge on any atom is -0.494 e. The van der Waals surface area contributed by atoms with Crippen LogP contribution < -0.4 is 15.2 Å². The molecule has 1 aromatic carbocycles. The predicted molar refractivity (Wildman–Crippen MR) is 59.4 cm³/mol. The number of methoxy groups -OCH3 is 1. The third kappa shape index (κ3) is 4.03. The second-order valence-corrected chi connectivity index (χ2v) is 4.88. The van der Waals surface area contributed by atoms with E-state index in [2.05, 4.69) is 5.32 Å².